The van der Waals surface area contributed by atoms with Gasteiger partial charge in [0, 0.05) is 23.6 Å². The first-order valence-electron chi connectivity index (χ1n) is 6.45. The number of hydrogen-bond acceptors (Lipinski definition) is 3. The van der Waals surface area contributed by atoms with Gasteiger partial charge in [0.05, 0.1) is 18.3 Å². The molecule has 4 heteroatoms. The molecule has 0 amide bonds. The van der Waals surface area contributed by atoms with Crippen LogP contribution in [0.5, 0.6) is 0 Å². The number of para-hydroxylation sites is 1. The van der Waals surface area contributed by atoms with Crippen molar-refractivity contribution < 1.29 is 5.11 Å². The van der Waals surface area contributed by atoms with Crippen molar-refractivity contribution in [3.63, 3.8) is 0 Å². The van der Waals surface area contributed by atoms with Crippen molar-refractivity contribution in [3.8, 4) is 0 Å². The number of anilines is 1. The van der Waals surface area contributed by atoms with Gasteiger partial charge in [-0.2, -0.15) is 0 Å². The Labute approximate surface area is 118 Å². The van der Waals surface area contributed by atoms with Crippen LogP contribution >= 0.6 is 15.9 Å². The van der Waals surface area contributed by atoms with Gasteiger partial charge in [0.1, 0.15) is 0 Å². The highest BCUT2D eigenvalue weighted by atomic mass is 79.9. The molecule has 0 saturated carbocycles. The molecule has 1 fully saturated rings. The van der Waals surface area contributed by atoms with Gasteiger partial charge in [0.2, 0.25) is 0 Å². The highest BCUT2D eigenvalue weighted by Crippen LogP contribution is 2.28. The van der Waals surface area contributed by atoms with E-state index < -0.39 is 0 Å². The molecular weight excluding hydrogens is 292 g/mol. The fourth-order valence-corrected chi connectivity index (χ4v) is 3.03. The van der Waals surface area contributed by atoms with Crippen molar-refractivity contribution >= 4 is 21.6 Å². The molecule has 1 aromatic carbocycles. The van der Waals surface area contributed by atoms with E-state index >= 15 is 0 Å². The van der Waals surface area contributed by atoms with Gasteiger partial charge in [0.25, 0.3) is 0 Å². The lowest BCUT2D eigenvalue weighted by Gasteiger charge is -2.31. The van der Waals surface area contributed by atoms with Gasteiger partial charge >= 0.3 is 0 Å². The summed E-state index contributed by atoms with van der Waals surface area (Å²) in [6.07, 6.45) is 1.12. The predicted octanol–water partition coefficient (Wildman–Crippen LogP) is 2.34. The number of benzene rings is 1. The smallest absolute Gasteiger partial charge is 0.0604 e. The fraction of sp³-hybridized carbons (Fsp3) is 0.571. The molecule has 2 unspecified atom stereocenters. The highest BCUT2D eigenvalue weighted by Gasteiger charge is 2.26. The zero-order valence-electron chi connectivity index (χ0n) is 11.0. The molecule has 1 saturated heterocycles. The number of nitrogens with zero attached hydrogens (tertiary/aromatic N) is 2. The summed E-state index contributed by atoms with van der Waals surface area (Å²) in [4.78, 5) is 4.65. The summed E-state index contributed by atoms with van der Waals surface area (Å²) in [6, 6.07) is 9.01. The van der Waals surface area contributed by atoms with E-state index in [9.17, 15) is 5.11 Å². The third-order valence-corrected chi connectivity index (χ3v) is 4.59. The Bertz CT molecular complexity index is 399. The minimum atomic E-state index is 0.203. The van der Waals surface area contributed by atoms with Crippen LogP contribution in [0.25, 0.3) is 0 Å². The predicted molar refractivity (Wildman–Crippen MR) is 79.1 cm³/mol. The van der Waals surface area contributed by atoms with E-state index in [1.54, 1.807) is 0 Å². The molecule has 3 nitrogen and oxygen atoms in total. The molecule has 0 bridgehead atoms. The summed E-state index contributed by atoms with van der Waals surface area (Å²) >= 11 is 3.61. The second-order valence-electron chi connectivity index (χ2n) is 5.04. The topological polar surface area (TPSA) is 26.7 Å². The van der Waals surface area contributed by atoms with Gasteiger partial charge in [-0.15, -0.1) is 0 Å². The first-order valence-corrected chi connectivity index (χ1v) is 7.25. The average molecular weight is 313 g/mol. The van der Waals surface area contributed by atoms with Gasteiger partial charge in [-0.25, -0.2) is 0 Å². The third-order valence-electron chi connectivity index (χ3n) is 3.92. The zero-order chi connectivity index (χ0) is 13.1. The van der Waals surface area contributed by atoms with E-state index in [1.807, 2.05) is 6.07 Å². The van der Waals surface area contributed by atoms with Crippen molar-refractivity contribution in [3.05, 3.63) is 28.7 Å². The van der Waals surface area contributed by atoms with Crippen molar-refractivity contribution in [2.75, 3.05) is 31.6 Å². The lowest BCUT2D eigenvalue weighted by Crippen LogP contribution is -2.44. The minimum absolute atomic E-state index is 0.203. The van der Waals surface area contributed by atoms with Crippen molar-refractivity contribution in [1.82, 2.24) is 4.90 Å². The Kier molecular flexibility index (Phi) is 4.65. The first-order chi connectivity index (χ1) is 8.63. The summed E-state index contributed by atoms with van der Waals surface area (Å²) < 4.78 is 1.12. The number of aliphatic hydroxyl groups excluding tert-OH is 1. The van der Waals surface area contributed by atoms with E-state index in [1.165, 1.54) is 5.69 Å². The van der Waals surface area contributed by atoms with E-state index in [4.69, 9.17) is 0 Å². The molecule has 1 aliphatic heterocycles. The van der Waals surface area contributed by atoms with Crippen LogP contribution in [-0.2, 0) is 0 Å². The molecular formula is C14H21BrN2O. The van der Waals surface area contributed by atoms with E-state index in [0.29, 0.717) is 6.04 Å². The Morgan fingerprint density at radius 2 is 2.11 bits per heavy atom. The zero-order valence-corrected chi connectivity index (χ0v) is 12.6. The molecule has 1 heterocycles. The van der Waals surface area contributed by atoms with Gasteiger partial charge < -0.3 is 10.0 Å². The molecule has 0 radical (unpaired) electrons. The second-order valence-corrected chi connectivity index (χ2v) is 5.89. The second kappa shape index (κ2) is 6.04. The van der Waals surface area contributed by atoms with Crippen LogP contribution in [0.15, 0.2) is 28.7 Å². The van der Waals surface area contributed by atoms with Crippen molar-refractivity contribution in [2.45, 2.75) is 25.4 Å². The Balaban J connectivity index is 2.22. The molecule has 2 atom stereocenters. The van der Waals surface area contributed by atoms with E-state index in [0.717, 1.165) is 24.0 Å². The number of halogens is 1. The maximum atomic E-state index is 9.56. The summed E-state index contributed by atoms with van der Waals surface area (Å²) in [5.74, 6) is 0. The molecule has 18 heavy (non-hydrogen) atoms. The normalized spacial score (nSPS) is 26.1. The Hall–Kier alpha value is -0.580. The molecule has 1 aliphatic rings. The fourth-order valence-electron chi connectivity index (χ4n) is 2.49. The lowest BCUT2D eigenvalue weighted by atomic mass is 10.2. The van der Waals surface area contributed by atoms with Crippen LogP contribution in [-0.4, -0.2) is 48.8 Å². The Morgan fingerprint density at radius 3 is 2.78 bits per heavy atom. The SMILES string of the molecule is CC1CCN(c2ccccc2Br)CC(CO)N1C. The number of likely N-dealkylation sites (N-methyl/N-ethyl adjacent to an activating group) is 1. The largest absolute Gasteiger partial charge is 0.395 e. The first kappa shape index (κ1) is 13.8. The van der Waals surface area contributed by atoms with Crippen LogP contribution in [0.2, 0.25) is 0 Å². The molecule has 0 spiro atoms. The van der Waals surface area contributed by atoms with Crippen LogP contribution < -0.4 is 4.90 Å². The van der Waals surface area contributed by atoms with Crippen LogP contribution in [0.4, 0.5) is 5.69 Å². The molecule has 0 aliphatic carbocycles. The van der Waals surface area contributed by atoms with E-state index in [-0.39, 0.29) is 12.6 Å². The average Bonchev–Trinajstić information content (AvgIpc) is 2.52. The van der Waals surface area contributed by atoms with Crippen molar-refractivity contribution in [2.24, 2.45) is 0 Å². The third kappa shape index (κ3) is 2.87. The monoisotopic (exact) mass is 312 g/mol. The maximum absolute atomic E-state index is 9.56. The molecule has 1 aromatic rings. The standard InChI is InChI=1S/C14H21BrN2O/c1-11-7-8-17(9-12(10-18)16(11)2)14-6-4-3-5-13(14)15/h3-6,11-12,18H,7-10H2,1-2H3. The van der Waals surface area contributed by atoms with Gasteiger partial charge in [-0.05, 0) is 48.5 Å². The lowest BCUT2D eigenvalue weighted by molar-refractivity contribution is 0.127. The van der Waals surface area contributed by atoms with Crippen LogP contribution in [0, 0.1) is 0 Å². The molecule has 100 valence electrons. The van der Waals surface area contributed by atoms with Gasteiger partial charge in [-0.3, -0.25) is 4.90 Å². The molecule has 2 rings (SSSR count). The van der Waals surface area contributed by atoms with E-state index in [2.05, 4.69) is 57.9 Å². The molecule has 1 N–H and O–H groups in total. The summed E-state index contributed by atoms with van der Waals surface area (Å²) in [5.41, 5.74) is 1.22. The van der Waals surface area contributed by atoms with Crippen LogP contribution in [0.1, 0.15) is 13.3 Å². The summed E-state index contributed by atoms with van der Waals surface area (Å²) in [6.45, 7) is 4.35. The van der Waals surface area contributed by atoms with Crippen molar-refractivity contribution in [1.29, 1.82) is 0 Å². The summed E-state index contributed by atoms with van der Waals surface area (Å²) in [5, 5.41) is 9.56. The molecule has 0 aromatic heterocycles. The van der Waals surface area contributed by atoms with Gasteiger partial charge in [0.15, 0.2) is 0 Å². The summed E-state index contributed by atoms with van der Waals surface area (Å²) in [7, 11) is 2.11. The number of rotatable bonds is 2. The quantitative estimate of drug-likeness (QED) is 0.908. The Morgan fingerprint density at radius 1 is 1.39 bits per heavy atom. The maximum Gasteiger partial charge on any atom is 0.0604 e. The van der Waals surface area contributed by atoms with Gasteiger partial charge in [-0.1, -0.05) is 12.1 Å². The minimum Gasteiger partial charge on any atom is -0.395 e. The highest BCUT2D eigenvalue weighted by molar-refractivity contribution is 9.10. The number of hydrogen-bond donors (Lipinski definition) is 1. The number of aliphatic hydroxyl groups is 1. The van der Waals surface area contributed by atoms with Crippen LogP contribution in [0.3, 0.4) is 0 Å².